The molecule has 1 rings (SSSR count). The Kier molecular flexibility index (Phi) is 10.2. The van der Waals surface area contributed by atoms with Gasteiger partial charge in [0.15, 0.2) is 0 Å². The fourth-order valence-corrected chi connectivity index (χ4v) is 5.62. The largest absolute Gasteiger partial charge is 0.324 e. The molecular formula is C20H33OP. The molecule has 0 radical (unpaired) electrons. The van der Waals surface area contributed by atoms with Crippen LogP contribution in [0.3, 0.4) is 0 Å². The fourth-order valence-electron chi connectivity index (χ4n) is 2.73. The van der Waals surface area contributed by atoms with Gasteiger partial charge in [-0.25, -0.2) is 0 Å². The summed E-state index contributed by atoms with van der Waals surface area (Å²) in [5, 5.41) is 0. The van der Waals surface area contributed by atoms with Crippen LogP contribution in [0.4, 0.5) is 0 Å². The van der Waals surface area contributed by atoms with Gasteiger partial charge in [0.05, 0.1) is 7.14 Å². The summed E-state index contributed by atoms with van der Waals surface area (Å²) >= 11 is 0. The molecule has 0 saturated heterocycles. The summed E-state index contributed by atoms with van der Waals surface area (Å²) in [6.45, 7) is 4.43. The molecule has 1 aromatic rings. The van der Waals surface area contributed by atoms with Crippen LogP contribution in [-0.4, -0.2) is 18.5 Å². The van der Waals surface area contributed by atoms with E-state index in [1.165, 1.54) is 31.2 Å². The van der Waals surface area contributed by atoms with Crippen LogP contribution in [0.15, 0.2) is 36.4 Å². The van der Waals surface area contributed by atoms with Crippen molar-refractivity contribution < 1.29 is 4.57 Å². The van der Waals surface area contributed by atoms with E-state index >= 15 is 0 Å². The smallest absolute Gasteiger partial charge is 0.0880 e. The summed E-state index contributed by atoms with van der Waals surface area (Å²) in [5.41, 5.74) is 1.23. The number of unbranched alkanes of at least 4 members (excludes halogenated alkanes) is 4. The average Bonchev–Trinajstić information content (AvgIpc) is 2.53. The Morgan fingerprint density at radius 1 is 0.864 bits per heavy atom. The predicted octanol–water partition coefficient (Wildman–Crippen LogP) is 6.83. The molecular weight excluding hydrogens is 287 g/mol. The van der Waals surface area contributed by atoms with Gasteiger partial charge in [-0.3, -0.25) is 0 Å². The third-order valence-electron chi connectivity index (χ3n) is 4.15. The second-order valence-electron chi connectivity index (χ2n) is 6.24. The molecule has 0 fully saturated rings. The number of hydrogen-bond donors (Lipinski definition) is 0. The first-order valence-electron chi connectivity index (χ1n) is 8.99. The molecule has 0 aliphatic carbocycles. The Labute approximate surface area is 137 Å². The summed E-state index contributed by atoms with van der Waals surface area (Å²) in [5.74, 6) is 0. The molecule has 0 aromatic heterocycles. The van der Waals surface area contributed by atoms with E-state index in [0.717, 1.165) is 37.7 Å². The molecule has 2 heteroatoms. The van der Waals surface area contributed by atoms with Crippen molar-refractivity contribution in [1.29, 1.82) is 0 Å². The number of hydrogen-bond acceptors (Lipinski definition) is 1. The molecule has 0 heterocycles. The first-order chi connectivity index (χ1) is 10.7. The maximum atomic E-state index is 13.1. The summed E-state index contributed by atoms with van der Waals surface area (Å²) < 4.78 is 13.1. The van der Waals surface area contributed by atoms with Crippen molar-refractivity contribution in [1.82, 2.24) is 0 Å². The molecule has 124 valence electrons. The summed E-state index contributed by atoms with van der Waals surface area (Å²) in [6, 6.07) is 10.4. The first-order valence-corrected chi connectivity index (χ1v) is 11.2. The maximum absolute atomic E-state index is 13.1. The zero-order valence-electron chi connectivity index (χ0n) is 14.5. The molecule has 0 unspecified atom stereocenters. The van der Waals surface area contributed by atoms with Crippen molar-refractivity contribution in [2.24, 2.45) is 0 Å². The summed E-state index contributed by atoms with van der Waals surface area (Å²) in [6.07, 6.45) is 15.3. The van der Waals surface area contributed by atoms with Crippen LogP contribution >= 0.6 is 7.14 Å². The van der Waals surface area contributed by atoms with Crippen molar-refractivity contribution in [2.45, 2.75) is 58.8 Å². The van der Waals surface area contributed by atoms with E-state index in [2.05, 4.69) is 50.3 Å². The molecule has 0 atom stereocenters. The van der Waals surface area contributed by atoms with Crippen molar-refractivity contribution in [3.63, 3.8) is 0 Å². The highest BCUT2D eigenvalue weighted by atomic mass is 31.2. The van der Waals surface area contributed by atoms with E-state index in [1.807, 2.05) is 6.07 Å². The minimum absolute atomic E-state index is 0.893. The van der Waals surface area contributed by atoms with Crippen LogP contribution in [0, 0.1) is 0 Å². The van der Waals surface area contributed by atoms with E-state index in [-0.39, 0.29) is 0 Å². The molecule has 1 nitrogen and oxygen atoms in total. The van der Waals surface area contributed by atoms with Gasteiger partial charge in [-0.2, -0.15) is 0 Å². The molecule has 0 N–H and O–H groups in total. The monoisotopic (exact) mass is 320 g/mol. The van der Waals surface area contributed by atoms with Gasteiger partial charge in [0.2, 0.25) is 0 Å². The second-order valence-corrected chi connectivity index (χ2v) is 9.70. The lowest BCUT2D eigenvalue weighted by Crippen LogP contribution is -2.00. The van der Waals surface area contributed by atoms with Crippen molar-refractivity contribution >= 4 is 13.2 Å². The van der Waals surface area contributed by atoms with Crippen molar-refractivity contribution in [3.8, 4) is 0 Å². The zero-order chi connectivity index (χ0) is 16.1. The van der Waals surface area contributed by atoms with Gasteiger partial charge in [0.25, 0.3) is 0 Å². The van der Waals surface area contributed by atoms with Gasteiger partial charge < -0.3 is 4.57 Å². The molecule has 1 aromatic carbocycles. The molecule has 22 heavy (non-hydrogen) atoms. The van der Waals surface area contributed by atoms with E-state index in [4.69, 9.17) is 0 Å². The SMILES string of the molecule is CCCCCP(=O)(CCC=Cc1ccccc1)CCCCC. The minimum atomic E-state index is -1.95. The van der Waals surface area contributed by atoms with Crippen LogP contribution < -0.4 is 0 Å². The summed E-state index contributed by atoms with van der Waals surface area (Å²) in [7, 11) is -1.95. The first kappa shape index (κ1) is 19.2. The van der Waals surface area contributed by atoms with E-state index in [9.17, 15) is 4.57 Å². The lowest BCUT2D eigenvalue weighted by atomic mass is 10.2. The third-order valence-corrected chi connectivity index (χ3v) is 7.49. The number of benzene rings is 1. The third kappa shape index (κ3) is 8.59. The lowest BCUT2D eigenvalue weighted by molar-refractivity contribution is 0.567. The van der Waals surface area contributed by atoms with Gasteiger partial charge in [0.1, 0.15) is 0 Å². The average molecular weight is 320 g/mol. The molecule has 0 saturated carbocycles. The highest BCUT2D eigenvalue weighted by molar-refractivity contribution is 7.63. The predicted molar refractivity (Wildman–Crippen MR) is 101 cm³/mol. The van der Waals surface area contributed by atoms with Crippen molar-refractivity contribution in [2.75, 3.05) is 18.5 Å². The standard InChI is InChI=1S/C20H33OP/c1-3-5-11-17-22(21,18-12-6-4-2)19-13-10-16-20-14-8-7-9-15-20/h7-10,14-16H,3-6,11-13,17-19H2,1-2H3. The second kappa shape index (κ2) is 11.7. The van der Waals surface area contributed by atoms with E-state index in [1.54, 1.807) is 0 Å². The maximum Gasteiger partial charge on any atom is 0.0880 e. The molecule has 0 spiro atoms. The van der Waals surface area contributed by atoms with Gasteiger partial charge in [-0.05, 0) is 24.8 Å². The Hall–Kier alpha value is -0.810. The molecule has 0 bridgehead atoms. The zero-order valence-corrected chi connectivity index (χ0v) is 15.4. The van der Waals surface area contributed by atoms with Gasteiger partial charge in [-0.15, -0.1) is 0 Å². The number of rotatable bonds is 12. The molecule has 0 amide bonds. The van der Waals surface area contributed by atoms with Crippen LogP contribution in [0.5, 0.6) is 0 Å². The fraction of sp³-hybridized carbons (Fsp3) is 0.600. The highest BCUT2D eigenvalue weighted by Crippen LogP contribution is 2.48. The Morgan fingerprint density at radius 2 is 1.45 bits per heavy atom. The van der Waals surface area contributed by atoms with E-state index < -0.39 is 7.14 Å². The van der Waals surface area contributed by atoms with E-state index in [0.29, 0.717) is 0 Å². The summed E-state index contributed by atoms with van der Waals surface area (Å²) in [4.78, 5) is 0. The lowest BCUT2D eigenvalue weighted by Gasteiger charge is -2.17. The van der Waals surface area contributed by atoms with Gasteiger partial charge in [0, 0.05) is 18.5 Å². The van der Waals surface area contributed by atoms with Crippen LogP contribution in [0.2, 0.25) is 0 Å². The van der Waals surface area contributed by atoms with Crippen LogP contribution in [0.1, 0.15) is 64.4 Å². The highest BCUT2D eigenvalue weighted by Gasteiger charge is 2.19. The van der Waals surface area contributed by atoms with Crippen LogP contribution in [-0.2, 0) is 4.57 Å². The van der Waals surface area contributed by atoms with Crippen molar-refractivity contribution in [3.05, 3.63) is 42.0 Å². The minimum Gasteiger partial charge on any atom is -0.324 e. The van der Waals surface area contributed by atoms with Crippen LogP contribution in [0.25, 0.3) is 6.08 Å². The molecule has 0 aliphatic heterocycles. The number of allylic oxidation sites excluding steroid dienone is 1. The van der Waals surface area contributed by atoms with Gasteiger partial charge >= 0.3 is 0 Å². The Bertz CT molecular complexity index is 436. The quantitative estimate of drug-likeness (QED) is 0.304. The molecule has 0 aliphatic rings. The van der Waals surface area contributed by atoms with Gasteiger partial charge in [-0.1, -0.05) is 82.0 Å². The normalized spacial score (nSPS) is 12.1. The topological polar surface area (TPSA) is 17.1 Å². The Morgan fingerprint density at radius 3 is 2.00 bits per heavy atom. The Balaban J connectivity index is 2.45.